The first-order valence-corrected chi connectivity index (χ1v) is 6.29. The van der Waals surface area contributed by atoms with E-state index in [-0.39, 0.29) is 0 Å². The molecule has 0 amide bonds. The first-order valence-electron chi connectivity index (χ1n) is 6.29. The second-order valence-corrected chi connectivity index (χ2v) is 5.35. The van der Waals surface area contributed by atoms with E-state index < -0.39 is 5.60 Å². The molecule has 0 heterocycles. The van der Waals surface area contributed by atoms with E-state index in [9.17, 15) is 5.11 Å². The largest absolute Gasteiger partial charge is 0.389 e. The van der Waals surface area contributed by atoms with Crippen LogP contribution in [0.25, 0.3) is 0 Å². The van der Waals surface area contributed by atoms with Gasteiger partial charge in [0.15, 0.2) is 0 Å². The Labute approximate surface area is 101 Å². The Morgan fingerprint density at radius 2 is 1.88 bits per heavy atom. The summed E-state index contributed by atoms with van der Waals surface area (Å²) in [6, 6.07) is 0.306. The third-order valence-corrected chi connectivity index (χ3v) is 3.55. The minimum atomic E-state index is -0.643. The number of aliphatic hydroxyl groups is 1. The Morgan fingerprint density at radius 3 is 2.25 bits per heavy atom. The number of hydrogen-bond acceptors (Lipinski definition) is 3. The molecule has 0 aromatic heterocycles. The van der Waals surface area contributed by atoms with Gasteiger partial charge in [0, 0.05) is 19.7 Å². The first-order chi connectivity index (χ1) is 7.35. The Balaban J connectivity index is 4.18. The summed E-state index contributed by atoms with van der Waals surface area (Å²) in [4.78, 5) is 0. The van der Waals surface area contributed by atoms with E-state index in [4.69, 9.17) is 4.74 Å². The summed E-state index contributed by atoms with van der Waals surface area (Å²) in [6.45, 7) is 11.7. The van der Waals surface area contributed by atoms with Gasteiger partial charge in [0.2, 0.25) is 0 Å². The summed E-state index contributed by atoms with van der Waals surface area (Å²) in [5.74, 6) is 0.808. The van der Waals surface area contributed by atoms with Crippen molar-refractivity contribution >= 4 is 0 Å². The lowest BCUT2D eigenvalue weighted by molar-refractivity contribution is -0.00106. The van der Waals surface area contributed by atoms with Gasteiger partial charge in [-0.3, -0.25) is 0 Å². The molecule has 3 unspecified atom stereocenters. The Morgan fingerprint density at radius 1 is 1.31 bits per heavy atom. The lowest BCUT2D eigenvalue weighted by Crippen LogP contribution is -2.49. The zero-order valence-electron chi connectivity index (χ0n) is 11.7. The molecule has 0 aromatic rings. The van der Waals surface area contributed by atoms with Crippen LogP contribution in [0.4, 0.5) is 0 Å². The van der Waals surface area contributed by atoms with Gasteiger partial charge in [-0.1, -0.05) is 34.1 Å². The number of methoxy groups -OCH3 is 1. The van der Waals surface area contributed by atoms with Crippen LogP contribution in [0.2, 0.25) is 0 Å². The van der Waals surface area contributed by atoms with Crippen molar-refractivity contribution in [3.05, 3.63) is 0 Å². The number of nitrogens with one attached hydrogen (secondary N) is 1. The van der Waals surface area contributed by atoms with Crippen LogP contribution in [-0.2, 0) is 4.74 Å². The molecule has 0 rings (SSSR count). The molecule has 0 aliphatic heterocycles. The summed E-state index contributed by atoms with van der Waals surface area (Å²) in [7, 11) is 1.71. The molecule has 0 saturated carbocycles. The molecule has 16 heavy (non-hydrogen) atoms. The second kappa shape index (κ2) is 7.25. The first kappa shape index (κ1) is 15.9. The standard InChI is InChI=1S/C13H29NO2/c1-7-11(4)13(5,15)9-14-12(8-16-6)10(2)3/h10-12,14-15H,7-9H2,1-6H3. The Hall–Kier alpha value is -0.120. The van der Waals surface area contributed by atoms with E-state index in [0.29, 0.717) is 31.0 Å². The minimum absolute atomic E-state index is 0.301. The second-order valence-electron chi connectivity index (χ2n) is 5.35. The maximum Gasteiger partial charge on any atom is 0.0768 e. The zero-order valence-corrected chi connectivity index (χ0v) is 11.7. The third-order valence-electron chi connectivity index (χ3n) is 3.55. The van der Waals surface area contributed by atoms with E-state index in [1.165, 1.54) is 0 Å². The summed E-state index contributed by atoms with van der Waals surface area (Å²) in [5, 5.41) is 13.7. The van der Waals surface area contributed by atoms with Crippen LogP contribution in [0.1, 0.15) is 41.0 Å². The van der Waals surface area contributed by atoms with Crippen molar-refractivity contribution in [1.29, 1.82) is 0 Å². The van der Waals surface area contributed by atoms with Gasteiger partial charge >= 0.3 is 0 Å². The van der Waals surface area contributed by atoms with Crippen molar-refractivity contribution in [2.24, 2.45) is 11.8 Å². The van der Waals surface area contributed by atoms with Crippen LogP contribution in [0.3, 0.4) is 0 Å². The molecule has 3 nitrogen and oxygen atoms in total. The Bertz CT molecular complexity index is 181. The summed E-state index contributed by atoms with van der Waals surface area (Å²) in [6.07, 6.45) is 0.991. The minimum Gasteiger partial charge on any atom is -0.389 e. The third kappa shape index (κ3) is 5.28. The van der Waals surface area contributed by atoms with E-state index in [2.05, 4.69) is 33.0 Å². The maximum absolute atomic E-state index is 10.3. The predicted octanol–water partition coefficient (Wildman–Crippen LogP) is 2.04. The van der Waals surface area contributed by atoms with Gasteiger partial charge in [-0.2, -0.15) is 0 Å². The van der Waals surface area contributed by atoms with Crippen LogP contribution >= 0.6 is 0 Å². The molecule has 0 radical (unpaired) electrons. The van der Waals surface area contributed by atoms with Crippen molar-refractivity contribution in [3.63, 3.8) is 0 Å². The monoisotopic (exact) mass is 231 g/mol. The molecular formula is C13H29NO2. The van der Waals surface area contributed by atoms with Crippen LogP contribution in [-0.4, -0.2) is 37.0 Å². The van der Waals surface area contributed by atoms with Gasteiger partial charge in [-0.15, -0.1) is 0 Å². The van der Waals surface area contributed by atoms with Crippen LogP contribution < -0.4 is 5.32 Å². The fourth-order valence-electron chi connectivity index (χ4n) is 1.62. The molecule has 98 valence electrons. The van der Waals surface area contributed by atoms with Gasteiger partial charge in [0.1, 0.15) is 0 Å². The summed E-state index contributed by atoms with van der Waals surface area (Å²) >= 11 is 0. The molecular weight excluding hydrogens is 202 g/mol. The van der Waals surface area contributed by atoms with Crippen molar-refractivity contribution in [1.82, 2.24) is 5.32 Å². The van der Waals surface area contributed by atoms with E-state index >= 15 is 0 Å². The number of ether oxygens (including phenoxy) is 1. The predicted molar refractivity (Wildman–Crippen MR) is 68.6 cm³/mol. The number of rotatable bonds is 8. The van der Waals surface area contributed by atoms with Gasteiger partial charge in [-0.25, -0.2) is 0 Å². The lowest BCUT2D eigenvalue weighted by Gasteiger charge is -2.33. The molecule has 0 spiro atoms. The SMILES string of the molecule is CCC(C)C(C)(O)CNC(COC)C(C)C. The lowest BCUT2D eigenvalue weighted by atomic mass is 9.88. The maximum atomic E-state index is 10.3. The molecule has 0 saturated heterocycles. The zero-order chi connectivity index (χ0) is 12.8. The van der Waals surface area contributed by atoms with Gasteiger partial charge in [0.25, 0.3) is 0 Å². The topological polar surface area (TPSA) is 41.5 Å². The molecule has 0 aromatic carbocycles. The number of hydrogen-bond donors (Lipinski definition) is 2. The molecule has 3 atom stereocenters. The average Bonchev–Trinajstić information content (AvgIpc) is 2.22. The van der Waals surface area contributed by atoms with Gasteiger partial charge < -0.3 is 15.2 Å². The van der Waals surface area contributed by atoms with E-state index in [1.807, 2.05) is 6.92 Å². The molecule has 0 aliphatic rings. The molecule has 2 N–H and O–H groups in total. The van der Waals surface area contributed by atoms with Gasteiger partial charge in [0.05, 0.1) is 12.2 Å². The van der Waals surface area contributed by atoms with Crippen molar-refractivity contribution in [2.45, 2.75) is 52.7 Å². The van der Waals surface area contributed by atoms with Crippen molar-refractivity contribution in [3.8, 4) is 0 Å². The van der Waals surface area contributed by atoms with E-state index in [1.54, 1.807) is 7.11 Å². The normalized spacial score (nSPS) is 19.5. The average molecular weight is 231 g/mol. The summed E-state index contributed by atoms with van der Waals surface area (Å²) < 4.78 is 5.17. The fourth-order valence-corrected chi connectivity index (χ4v) is 1.62. The van der Waals surface area contributed by atoms with Crippen LogP contribution in [0.5, 0.6) is 0 Å². The Kier molecular flexibility index (Phi) is 7.20. The quantitative estimate of drug-likeness (QED) is 0.672. The van der Waals surface area contributed by atoms with Crippen molar-refractivity contribution < 1.29 is 9.84 Å². The molecule has 0 bridgehead atoms. The van der Waals surface area contributed by atoms with Crippen LogP contribution in [0.15, 0.2) is 0 Å². The fraction of sp³-hybridized carbons (Fsp3) is 1.00. The highest BCUT2D eigenvalue weighted by molar-refractivity contribution is 4.83. The highest BCUT2D eigenvalue weighted by Gasteiger charge is 2.28. The van der Waals surface area contributed by atoms with E-state index in [0.717, 1.165) is 6.42 Å². The van der Waals surface area contributed by atoms with Gasteiger partial charge in [-0.05, 0) is 18.8 Å². The smallest absolute Gasteiger partial charge is 0.0768 e. The van der Waals surface area contributed by atoms with Crippen LogP contribution in [0, 0.1) is 11.8 Å². The molecule has 0 fully saturated rings. The highest BCUT2D eigenvalue weighted by Crippen LogP contribution is 2.19. The summed E-state index contributed by atoms with van der Waals surface area (Å²) in [5.41, 5.74) is -0.643. The molecule has 0 aliphatic carbocycles. The highest BCUT2D eigenvalue weighted by atomic mass is 16.5. The molecule has 3 heteroatoms. The van der Waals surface area contributed by atoms with Crippen molar-refractivity contribution in [2.75, 3.05) is 20.3 Å².